The molecule has 0 spiro atoms. The summed E-state index contributed by atoms with van der Waals surface area (Å²) in [6.07, 6.45) is 0.716. The first kappa shape index (κ1) is 8.66. The minimum Gasteiger partial charge on any atom is -0.382 e. The van der Waals surface area contributed by atoms with E-state index < -0.39 is 6.29 Å². The molecule has 0 radical (unpaired) electrons. The van der Waals surface area contributed by atoms with Crippen LogP contribution in [0, 0.1) is 0 Å². The minimum atomic E-state index is -0.728. The van der Waals surface area contributed by atoms with Crippen LogP contribution in [0.4, 0.5) is 11.8 Å². The smallest absolute Gasteiger partial charge is 0.224 e. The Balaban J connectivity index is 2.78. The topological polar surface area (TPSA) is 148 Å². The van der Waals surface area contributed by atoms with Crippen molar-refractivity contribution in [3.05, 3.63) is 6.33 Å². The molecule has 0 unspecified atom stereocenters. The van der Waals surface area contributed by atoms with Crippen molar-refractivity contribution in [3.63, 3.8) is 0 Å². The quantitative estimate of drug-likeness (QED) is 0.398. The van der Waals surface area contributed by atoms with Crippen LogP contribution in [0.2, 0.25) is 0 Å². The molecule has 0 atom stereocenters. The third kappa shape index (κ3) is 1.13. The maximum atomic E-state index is 5.58. The van der Waals surface area contributed by atoms with Crippen molar-refractivity contribution in [3.8, 4) is 0 Å². The Labute approximate surface area is 78.9 Å². The Bertz CT molecular complexity index is 472. The molecule has 0 fully saturated rings. The van der Waals surface area contributed by atoms with Gasteiger partial charge in [0.2, 0.25) is 5.95 Å². The van der Waals surface area contributed by atoms with E-state index in [2.05, 4.69) is 15.0 Å². The first-order valence-corrected chi connectivity index (χ1v) is 3.86. The van der Waals surface area contributed by atoms with Crippen molar-refractivity contribution < 1.29 is 0 Å². The van der Waals surface area contributed by atoms with E-state index in [0.717, 1.165) is 0 Å². The van der Waals surface area contributed by atoms with Crippen LogP contribution < -0.4 is 22.9 Å². The molecule has 2 aromatic heterocycles. The van der Waals surface area contributed by atoms with Gasteiger partial charge in [-0.25, -0.2) is 4.98 Å². The SMILES string of the molecule is Nc1nc(N)c2ncn(C(N)N)c2n1. The van der Waals surface area contributed by atoms with Crippen LogP contribution in [0.5, 0.6) is 0 Å². The van der Waals surface area contributed by atoms with Gasteiger partial charge in [-0.2, -0.15) is 9.97 Å². The van der Waals surface area contributed by atoms with Crippen LogP contribution in [0.25, 0.3) is 11.2 Å². The molecular weight excluding hydrogens is 184 g/mol. The molecule has 8 N–H and O–H groups in total. The summed E-state index contributed by atoms with van der Waals surface area (Å²) >= 11 is 0. The van der Waals surface area contributed by atoms with Gasteiger partial charge in [0.1, 0.15) is 11.8 Å². The summed E-state index contributed by atoms with van der Waals surface area (Å²) in [6, 6.07) is 0. The lowest BCUT2D eigenvalue weighted by atomic mass is 10.5. The van der Waals surface area contributed by atoms with Crippen molar-refractivity contribution in [2.75, 3.05) is 11.5 Å². The normalized spacial score (nSPS) is 11.4. The van der Waals surface area contributed by atoms with Gasteiger partial charge in [0.25, 0.3) is 0 Å². The molecule has 0 bridgehead atoms. The second-order valence-corrected chi connectivity index (χ2v) is 2.78. The lowest BCUT2D eigenvalue weighted by Gasteiger charge is -2.07. The number of anilines is 2. The summed E-state index contributed by atoms with van der Waals surface area (Å²) in [7, 11) is 0. The first-order valence-electron chi connectivity index (χ1n) is 3.86. The van der Waals surface area contributed by atoms with Crippen molar-refractivity contribution in [1.29, 1.82) is 0 Å². The molecule has 8 nitrogen and oxygen atoms in total. The van der Waals surface area contributed by atoms with Gasteiger partial charge in [0.15, 0.2) is 11.5 Å². The molecule has 2 aromatic rings. The number of hydrogen-bond donors (Lipinski definition) is 4. The number of imidazole rings is 1. The number of nitrogens with zero attached hydrogens (tertiary/aromatic N) is 4. The van der Waals surface area contributed by atoms with Crippen molar-refractivity contribution in [2.45, 2.75) is 6.29 Å². The molecule has 0 aliphatic rings. The van der Waals surface area contributed by atoms with Gasteiger partial charge < -0.3 is 11.5 Å². The Morgan fingerprint density at radius 1 is 1.21 bits per heavy atom. The average molecular weight is 194 g/mol. The van der Waals surface area contributed by atoms with Crippen LogP contribution in [0.3, 0.4) is 0 Å². The summed E-state index contributed by atoms with van der Waals surface area (Å²) in [5, 5.41) is 0. The Hall–Kier alpha value is -1.93. The monoisotopic (exact) mass is 194 g/mol. The van der Waals surface area contributed by atoms with E-state index in [9.17, 15) is 0 Å². The fourth-order valence-electron chi connectivity index (χ4n) is 1.17. The van der Waals surface area contributed by atoms with Crippen LogP contribution in [-0.2, 0) is 0 Å². The van der Waals surface area contributed by atoms with E-state index in [1.165, 1.54) is 10.9 Å². The third-order valence-electron chi connectivity index (χ3n) is 1.79. The fraction of sp³-hybridized carbons (Fsp3) is 0.167. The van der Waals surface area contributed by atoms with Gasteiger partial charge in [-0.15, -0.1) is 0 Å². The van der Waals surface area contributed by atoms with E-state index in [0.29, 0.717) is 11.2 Å². The Morgan fingerprint density at radius 2 is 1.93 bits per heavy atom. The standard InChI is InChI=1S/C6H10N8/c7-3-2-4(13-6(10)12-3)14(1-11-2)5(8)9/h1,5H,8-9H2,(H4,7,10,12,13). The van der Waals surface area contributed by atoms with Crippen LogP contribution >= 0.6 is 0 Å². The molecule has 0 aliphatic heterocycles. The zero-order valence-corrected chi connectivity index (χ0v) is 7.25. The Kier molecular flexibility index (Phi) is 1.72. The van der Waals surface area contributed by atoms with Crippen molar-refractivity contribution in [1.82, 2.24) is 19.5 Å². The fourth-order valence-corrected chi connectivity index (χ4v) is 1.17. The molecule has 74 valence electrons. The minimum absolute atomic E-state index is 0.0670. The summed E-state index contributed by atoms with van der Waals surface area (Å²) in [4.78, 5) is 11.7. The number of aromatic nitrogens is 4. The molecule has 0 aromatic carbocycles. The molecule has 14 heavy (non-hydrogen) atoms. The predicted molar refractivity (Wildman–Crippen MR) is 51.6 cm³/mol. The summed E-state index contributed by atoms with van der Waals surface area (Å²) in [5.41, 5.74) is 22.9. The maximum absolute atomic E-state index is 5.58. The molecule has 0 saturated heterocycles. The van der Waals surface area contributed by atoms with E-state index in [4.69, 9.17) is 22.9 Å². The van der Waals surface area contributed by atoms with E-state index in [1.807, 2.05) is 0 Å². The highest BCUT2D eigenvalue weighted by Gasteiger charge is 2.11. The van der Waals surface area contributed by atoms with Gasteiger partial charge in [-0.1, -0.05) is 0 Å². The van der Waals surface area contributed by atoms with Gasteiger partial charge in [-0.3, -0.25) is 16.0 Å². The molecular formula is C6H10N8. The van der Waals surface area contributed by atoms with E-state index >= 15 is 0 Å². The van der Waals surface area contributed by atoms with Gasteiger partial charge in [0, 0.05) is 0 Å². The molecule has 2 rings (SSSR count). The molecule has 2 heterocycles. The first-order chi connectivity index (χ1) is 6.59. The molecule has 0 aliphatic carbocycles. The lowest BCUT2D eigenvalue weighted by Crippen LogP contribution is -2.27. The largest absolute Gasteiger partial charge is 0.382 e. The van der Waals surface area contributed by atoms with Gasteiger partial charge in [-0.05, 0) is 0 Å². The second-order valence-electron chi connectivity index (χ2n) is 2.78. The molecule has 8 heteroatoms. The summed E-state index contributed by atoms with van der Waals surface area (Å²) < 4.78 is 1.46. The Morgan fingerprint density at radius 3 is 2.57 bits per heavy atom. The highest BCUT2D eigenvalue weighted by molar-refractivity contribution is 5.82. The summed E-state index contributed by atoms with van der Waals surface area (Å²) in [5.74, 6) is 0.282. The van der Waals surface area contributed by atoms with Crippen LogP contribution in [-0.4, -0.2) is 19.5 Å². The van der Waals surface area contributed by atoms with Crippen LogP contribution in [0.15, 0.2) is 6.33 Å². The zero-order chi connectivity index (χ0) is 10.3. The lowest BCUT2D eigenvalue weighted by molar-refractivity contribution is 0.555. The second kappa shape index (κ2) is 2.79. The molecule has 0 saturated carbocycles. The van der Waals surface area contributed by atoms with Crippen LogP contribution in [0.1, 0.15) is 6.29 Å². The molecule has 0 amide bonds. The average Bonchev–Trinajstić information content (AvgIpc) is 2.47. The van der Waals surface area contributed by atoms with Gasteiger partial charge >= 0.3 is 0 Å². The number of fused-ring (bicyclic) bond motifs is 1. The predicted octanol–water partition coefficient (Wildman–Crippen LogP) is -1.64. The number of nitrogen functional groups attached to an aromatic ring is 2. The zero-order valence-electron chi connectivity index (χ0n) is 7.25. The van der Waals surface area contributed by atoms with Crippen molar-refractivity contribution in [2.24, 2.45) is 11.5 Å². The van der Waals surface area contributed by atoms with E-state index in [-0.39, 0.29) is 11.8 Å². The third-order valence-corrected chi connectivity index (χ3v) is 1.79. The number of nitrogens with two attached hydrogens (primary N) is 4. The number of rotatable bonds is 1. The van der Waals surface area contributed by atoms with E-state index in [1.54, 1.807) is 0 Å². The highest BCUT2D eigenvalue weighted by atomic mass is 15.3. The highest BCUT2D eigenvalue weighted by Crippen LogP contribution is 2.17. The summed E-state index contributed by atoms with van der Waals surface area (Å²) in [6.45, 7) is 0. The maximum Gasteiger partial charge on any atom is 0.224 e. The van der Waals surface area contributed by atoms with Crippen molar-refractivity contribution >= 4 is 22.9 Å². The van der Waals surface area contributed by atoms with Gasteiger partial charge in [0.05, 0.1) is 6.33 Å². The number of hydrogen-bond acceptors (Lipinski definition) is 7.